The van der Waals surface area contributed by atoms with Crippen molar-refractivity contribution in [2.24, 2.45) is 0 Å². The van der Waals surface area contributed by atoms with Gasteiger partial charge in [0.2, 0.25) is 0 Å². The van der Waals surface area contributed by atoms with Crippen molar-refractivity contribution in [1.29, 1.82) is 0 Å². The van der Waals surface area contributed by atoms with E-state index in [-0.39, 0.29) is 16.2 Å². The largest absolute Gasteiger partial charge is 0.508 e. The summed E-state index contributed by atoms with van der Waals surface area (Å²) in [4.78, 5) is 13.5. The molecule has 50 heavy (non-hydrogen) atoms. The molecule has 262 valence electrons. The van der Waals surface area contributed by atoms with Crippen molar-refractivity contribution in [1.82, 2.24) is 4.90 Å². The Hall–Kier alpha value is -5.10. The summed E-state index contributed by atoms with van der Waals surface area (Å²) >= 11 is 0. The predicted molar refractivity (Wildman–Crippen MR) is 193 cm³/mol. The average Bonchev–Trinajstić information content (AvgIpc) is 3.11. The van der Waals surface area contributed by atoms with Crippen LogP contribution >= 0.6 is 0 Å². The topological polar surface area (TPSA) is 132 Å². The first-order valence-corrected chi connectivity index (χ1v) is 18.2. The summed E-state index contributed by atoms with van der Waals surface area (Å²) in [5.41, 5.74) is 1.80. The lowest BCUT2D eigenvalue weighted by Crippen LogP contribution is -2.29. The van der Waals surface area contributed by atoms with E-state index in [1.54, 1.807) is 54.6 Å². The molecule has 2 N–H and O–H groups in total. The number of benzene rings is 5. The fourth-order valence-corrected chi connectivity index (χ4v) is 5.97. The lowest BCUT2D eigenvalue weighted by Gasteiger charge is -2.20. The molecule has 0 radical (unpaired) electrons. The number of hydrogen-bond donors (Lipinski definition) is 2. The molecule has 10 nitrogen and oxygen atoms in total. The zero-order chi connectivity index (χ0) is 35.5. The van der Waals surface area contributed by atoms with Crippen LogP contribution in [0.1, 0.15) is 23.7 Å². The summed E-state index contributed by atoms with van der Waals surface area (Å²) in [5.74, 6) is 1.70. The molecular formula is C39H41NO9S. The lowest BCUT2D eigenvalue weighted by molar-refractivity contribution is 0.0696. The van der Waals surface area contributed by atoms with E-state index in [0.717, 1.165) is 53.7 Å². The van der Waals surface area contributed by atoms with Crippen molar-refractivity contribution >= 4 is 26.6 Å². The van der Waals surface area contributed by atoms with Crippen molar-refractivity contribution < 1.29 is 42.4 Å². The average molecular weight is 700 g/mol. The second-order valence-electron chi connectivity index (χ2n) is 11.6. The number of phenols is 1. The number of sulfone groups is 1. The minimum Gasteiger partial charge on any atom is -0.508 e. The lowest BCUT2D eigenvalue weighted by atomic mass is 9.99. The molecule has 0 saturated heterocycles. The summed E-state index contributed by atoms with van der Waals surface area (Å²) in [6.45, 7) is 6.58. The summed E-state index contributed by atoms with van der Waals surface area (Å²) in [5, 5.41) is 20.6. The third kappa shape index (κ3) is 9.97. The Balaban J connectivity index is 1.09. The maximum atomic E-state index is 12.0. The Bertz CT molecular complexity index is 1980. The van der Waals surface area contributed by atoms with Crippen molar-refractivity contribution in [2.45, 2.75) is 18.2 Å². The van der Waals surface area contributed by atoms with Gasteiger partial charge in [0.1, 0.15) is 35.4 Å². The van der Waals surface area contributed by atoms with Crippen molar-refractivity contribution in [2.75, 3.05) is 52.3 Å². The number of carboxylic acids is 1. The van der Waals surface area contributed by atoms with E-state index in [1.165, 1.54) is 18.4 Å². The number of ether oxygens (including phenoxy) is 4. The molecule has 5 aromatic carbocycles. The SMILES string of the molecule is CCN(CCCOc1ccc(Oc2c(-c3ccc(S(C)(=O)=O)cc3)ccc3cc(O)ccc23)cc1)CCOCCOc1ccc(C(=O)O)cc1. The van der Waals surface area contributed by atoms with Gasteiger partial charge in [-0.15, -0.1) is 0 Å². The second-order valence-corrected chi connectivity index (χ2v) is 13.7. The highest BCUT2D eigenvalue weighted by Gasteiger charge is 2.15. The predicted octanol–water partition coefficient (Wildman–Crippen LogP) is 7.29. The van der Waals surface area contributed by atoms with E-state index in [0.29, 0.717) is 43.7 Å². The van der Waals surface area contributed by atoms with Gasteiger partial charge in [0.05, 0.1) is 30.3 Å². The zero-order valence-corrected chi connectivity index (χ0v) is 28.9. The number of hydrogen-bond acceptors (Lipinski definition) is 9. The molecule has 0 bridgehead atoms. The maximum Gasteiger partial charge on any atom is 0.335 e. The van der Waals surface area contributed by atoms with Crippen LogP contribution < -0.4 is 14.2 Å². The van der Waals surface area contributed by atoms with E-state index in [1.807, 2.05) is 36.4 Å². The molecule has 0 atom stereocenters. The molecule has 0 spiro atoms. The van der Waals surface area contributed by atoms with Gasteiger partial charge in [-0.2, -0.15) is 0 Å². The van der Waals surface area contributed by atoms with Crippen molar-refractivity contribution in [3.05, 3.63) is 109 Å². The van der Waals surface area contributed by atoms with Crippen LogP contribution in [0.2, 0.25) is 0 Å². The normalized spacial score (nSPS) is 11.5. The zero-order valence-electron chi connectivity index (χ0n) is 28.1. The van der Waals surface area contributed by atoms with E-state index < -0.39 is 15.8 Å². The number of nitrogens with zero attached hydrogens (tertiary/aromatic N) is 1. The third-order valence-corrected chi connectivity index (χ3v) is 9.20. The number of carboxylic acid groups (broad SMARTS) is 1. The Labute approximate surface area is 292 Å². The Morgan fingerprint density at radius 3 is 2.06 bits per heavy atom. The Kier molecular flexibility index (Phi) is 12.3. The molecule has 5 rings (SSSR count). The van der Waals surface area contributed by atoms with Gasteiger partial charge in [-0.25, -0.2) is 13.2 Å². The molecule has 0 aromatic heterocycles. The maximum absolute atomic E-state index is 12.0. The summed E-state index contributed by atoms with van der Waals surface area (Å²) in [6.07, 6.45) is 2.02. The number of aromatic hydroxyl groups is 1. The number of fused-ring (bicyclic) bond motifs is 1. The standard InChI is InChI=1S/C39H41NO9S/c1-3-40(22-24-46-25-26-48-32-11-5-29(6-12-32)39(42)43)21-4-23-47-33-13-15-34(16-14-33)49-38-36(19-9-30-27-31(41)10-20-37(30)38)28-7-17-35(18-8-28)50(2,44)45/h5-20,27,41H,3-4,21-26H2,1-2H3,(H,42,43). The van der Waals surface area contributed by atoms with Gasteiger partial charge in [-0.1, -0.05) is 25.1 Å². The quantitative estimate of drug-likeness (QED) is 0.0899. The van der Waals surface area contributed by atoms with Crippen LogP contribution in [0.25, 0.3) is 21.9 Å². The van der Waals surface area contributed by atoms with Crippen molar-refractivity contribution in [3.63, 3.8) is 0 Å². The van der Waals surface area contributed by atoms with Gasteiger partial charge in [0, 0.05) is 30.3 Å². The number of likely N-dealkylation sites (N-methyl/N-ethyl adjacent to an activating group) is 1. The smallest absolute Gasteiger partial charge is 0.335 e. The van der Waals surface area contributed by atoms with Crippen LogP contribution in [0.4, 0.5) is 0 Å². The summed E-state index contributed by atoms with van der Waals surface area (Å²) in [6, 6.07) is 29.3. The molecule has 5 aromatic rings. The highest BCUT2D eigenvalue weighted by Crippen LogP contribution is 2.41. The molecule has 0 heterocycles. The van der Waals surface area contributed by atoms with E-state index in [4.69, 9.17) is 24.1 Å². The first-order valence-electron chi connectivity index (χ1n) is 16.3. The van der Waals surface area contributed by atoms with Gasteiger partial charge >= 0.3 is 5.97 Å². The summed E-state index contributed by atoms with van der Waals surface area (Å²) in [7, 11) is -3.33. The van der Waals surface area contributed by atoms with E-state index in [2.05, 4.69) is 11.8 Å². The van der Waals surface area contributed by atoms with Crippen LogP contribution in [0.3, 0.4) is 0 Å². The number of carbonyl (C=O) groups is 1. The van der Waals surface area contributed by atoms with Gasteiger partial charge in [0.15, 0.2) is 9.84 Å². The molecule has 0 fully saturated rings. The summed E-state index contributed by atoms with van der Waals surface area (Å²) < 4.78 is 47.7. The first-order chi connectivity index (χ1) is 24.1. The van der Waals surface area contributed by atoms with Crippen LogP contribution in [0.5, 0.6) is 28.7 Å². The molecule has 0 aliphatic carbocycles. The van der Waals surface area contributed by atoms with Gasteiger partial charge < -0.3 is 34.1 Å². The van der Waals surface area contributed by atoms with Crippen LogP contribution in [0.15, 0.2) is 108 Å². The van der Waals surface area contributed by atoms with Crippen LogP contribution in [-0.2, 0) is 14.6 Å². The van der Waals surface area contributed by atoms with Crippen LogP contribution in [-0.4, -0.2) is 81.8 Å². The Morgan fingerprint density at radius 1 is 0.740 bits per heavy atom. The Morgan fingerprint density at radius 2 is 1.40 bits per heavy atom. The van der Waals surface area contributed by atoms with Gasteiger partial charge in [-0.05, 0) is 109 Å². The second kappa shape index (κ2) is 17.0. The van der Waals surface area contributed by atoms with Gasteiger partial charge in [-0.3, -0.25) is 0 Å². The molecule has 0 aliphatic heterocycles. The molecule has 0 saturated carbocycles. The number of rotatable bonds is 18. The van der Waals surface area contributed by atoms with Gasteiger partial charge in [0.25, 0.3) is 0 Å². The molecule has 0 unspecified atom stereocenters. The first kappa shape index (κ1) is 36.2. The number of phenolic OH excluding ortho intramolecular Hbond substituents is 1. The minimum absolute atomic E-state index is 0.150. The van der Waals surface area contributed by atoms with Crippen LogP contribution in [0, 0.1) is 0 Å². The molecular weight excluding hydrogens is 658 g/mol. The minimum atomic E-state index is -3.33. The molecule has 0 amide bonds. The molecule has 0 aliphatic rings. The molecule has 11 heteroatoms. The fourth-order valence-electron chi connectivity index (χ4n) is 5.34. The van der Waals surface area contributed by atoms with E-state index in [9.17, 15) is 18.3 Å². The van der Waals surface area contributed by atoms with E-state index >= 15 is 0 Å². The van der Waals surface area contributed by atoms with Crippen molar-refractivity contribution in [3.8, 4) is 39.9 Å². The highest BCUT2D eigenvalue weighted by atomic mass is 32.2. The number of aromatic carboxylic acids is 1. The monoisotopic (exact) mass is 699 g/mol. The highest BCUT2D eigenvalue weighted by molar-refractivity contribution is 7.90. The fraction of sp³-hybridized carbons (Fsp3) is 0.256. The third-order valence-electron chi connectivity index (χ3n) is 8.08.